The number of hydrogen-bond acceptors (Lipinski definition) is 4. The van der Waals surface area contributed by atoms with E-state index in [1.165, 1.54) is 6.07 Å². The van der Waals surface area contributed by atoms with Crippen molar-refractivity contribution in [3.05, 3.63) is 59.5 Å². The standard InChI is InChI=1S/C15H13N3O3/c1-21-12-7-3-2-5-10(12)9-14-17-16-13-8-4-6-11(15(19)20)18(13)14/h2-8H,9H2,1H3,(H,19,20). The van der Waals surface area contributed by atoms with Crippen LogP contribution >= 0.6 is 0 Å². The van der Waals surface area contributed by atoms with E-state index in [1.807, 2.05) is 24.3 Å². The summed E-state index contributed by atoms with van der Waals surface area (Å²) in [6.45, 7) is 0. The van der Waals surface area contributed by atoms with Gasteiger partial charge in [-0.1, -0.05) is 24.3 Å². The Kier molecular flexibility index (Phi) is 3.27. The molecule has 1 aromatic carbocycles. The molecule has 0 unspecified atom stereocenters. The molecule has 0 saturated carbocycles. The topological polar surface area (TPSA) is 76.7 Å². The first-order valence-electron chi connectivity index (χ1n) is 6.39. The molecule has 2 heterocycles. The zero-order valence-electron chi connectivity index (χ0n) is 11.4. The molecular formula is C15H13N3O3. The molecule has 2 aromatic heterocycles. The molecule has 0 saturated heterocycles. The lowest BCUT2D eigenvalue weighted by atomic mass is 10.1. The molecule has 106 valence electrons. The van der Waals surface area contributed by atoms with Crippen LogP contribution in [0, 0.1) is 0 Å². The summed E-state index contributed by atoms with van der Waals surface area (Å²) in [5.74, 6) is 0.288. The second-order valence-corrected chi connectivity index (χ2v) is 4.51. The molecule has 0 bridgehead atoms. The number of carboxylic acid groups (broad SMARTS) is 1. The molecule has 0 aliphatic heterocycles. The van der Waals surface area contributed by atoms with Crippen molar-refractivity contribution in [2.24, 2.45) is 0 Å². The van der Waals surface area contributed by atoms with Crippen molar-refractivity contribution in [3.63, 3.8) is 0 Å². The first-order valence-corrected chi connectivity index (χ1v) is 6.39. The fourth-order valence-corrected chi connectivity index (χ4v) is 2.30. The Morgan fingerprint density at radius 2 is 2.00 bits per heavy atom. The summed E-state index contributed by atoms with van der Waals surface area (Å²) >= 11 is 0. The van der Waals surface area contributed by atoms with Crippen molar-refractivity contribution in [1.82, 2.24) is 14.6 Å². The van der Waals surface area contributed by atoms with E-state index in [0.717, 1.165) is 11.3 Å². The van der Waals surface area contributed by atoms with E-state index in [1.54, 1.807) is 23.6 Å². The minimum atomic E-state index is -1.01. The van der Waals surface area contributed by atoms with Crippen molar-refractivity contribution in [1.29, 1.82) is 0 Å². The molecule has 0 fully saturated rings. The minimum Gasteiger partial charge on any atom is -0.496 e. The van der Waals surface area contributed by atoms with Crippen molar-refractivity contribution in [3.8, 4) is 5.75 Å². The number of aromatic nitrogens is 3. The van der Waals surface area contributed by atoms with Gasteiger partial charge in [0.1, 0.15) is 17.3 Å². The van der Waals surface area contributed by atoms with Gasteiger partial charge in [-0.3, -0.25) is 4.40 Å². The fraction of sp³-hybridized carbons (Fsp3) is 0.133. The van der Waals surface area contributed by atoms with E-state index >= 15 is 0 Å². The van der Waals surface area contributed by atoms with Crippen LogP contribution in [0.5, 0.6) is 5.75 Å². The lowest BCUT2D eigenvalue weighted by Gasteiger charge is -2.08. The van der Waals surface area contributed by atoms with Crippen LogP contribution in [0.15, 0.2) is 42.5 Å². The molecule has 21 heavy (non-hydrogen) atoms. The number of nitrogens with zero attached hydrogens (tertiary/aromatic N) is 3. The van der Waals surface area contributed by atoms with E-state index in [-0.39, 0.29) is 5.69 Å². The number of carbonyl (C=O) groups is 1. The lowest BCUT2D eigenvalue weighted by Crippen LogP contribution is -2.08. The van der Waals surface area contributed by atoms with Crippen LogP contribution in [0.3, 0.4) is 0 Å². The SMILES string of the molecule is COc1ccccc1Cc1nnc2cccc(C(=O)O)n12. The Labute approximate surface area is 120 Å². The van der Waals surface area contributed by atoms with Crippen LogP contribution < -0.4 is 4.74 Å². The summed E-state index contributed by atoms with van der Waals surface area (Å²) in [7, 11) is 1.60. The van der Waals surface area contributed by atoms with E-state index in [0.29, 0.717) is 17.9 Å². The number of hydrogen-bond donors (Lipinski definition) is 1. The van der Waals surface area contributed by atoms with Crippen LogP contribution in [0.25, 0.3) is 5.65 Å². The molecule has 0 radical (unpaired) electrons. The Morgan fingerprint density at radius 3 is 2.76 bits per heavy atom. The number of benzene rings is 1. The van der Waals surface area contributed by atoms with Crippen LogP contribution in [0.2, 0.25) is 0 Å². The molecule has 1 N–H and O–H groups in total. The van der Waals surface area contributed by atoms with Gasteiger partial charge in [0.15, 0.2) is 5.65 Å². The van der Waals surface area contributed by atoms with Crippen molar-refractivity contribution in [2.45, 2.75) is 6.42 Å². The van der Waals surface area contributed by atoms with Gasteiger partial charge in [-0.15, -0.1) is 10.2 Å². The Balaban J connectivity index is 2.11. The van der Waals surface area contributed by atoms with E-state index in [9.17, 15) is 9.90 Å². The smallest absolute Gasteiger partial charge is 0.352 e. The third-order valence-corrected chi connectivity index (χ3v) is 3.26. The quantitative estimate of drug-likeness (QED) is 0.792. The van der Waals surface area contributed by atoms with Gasteiger partial charge in [0.2, 0.25) is 0 Å². The maximum Gasteiger partial charge on any atom is 0.352 e. The van der Waals surface area contributed by atoms with Gasteiger partial charge in [0.25, 0.3) is 0 Å². The summed E-state index contributed by atoms with van der Waals surface area (Å²) in [6.07, 6.45) is 0.440. The molecule has 0 aliphatic rings. The maximum atomic E-state index is 11.3. The Morgan fingerprint density at radius 1 is 1.19 bits per heavy atom. The predicted molar refractivity (Wildman–Crippen MR) is 75.7 cm³/mol. The number of aromatic carboxylic acids is 1. The zero-order chi connectivity index (χ0) is 14.8. The molecule has 0 aliphatic carbocycles. The first kappa shape index (κ1) is 13.1. The molecule has 6 heteroatoms. The fourth-order valence-electron chi connectivity index (χ4n) is 2.30. The Hall–Kier alpha value is -2.89. The largest absolute Gasteiger partial charge is 0.496 e. The highest BCUT2D eigenvalue weighted by molar-refractivity contribution is 5.86. The molecule has 3 rings (SSSR count). The predicted octanol–water partition coefficient (Wildman–Crippen LogP) is 2.03. The highest BCUT2D eigenvalue weighted by Gasteiger charge is 2.15. The summed E-state index contributed by atoms with van der Waals surface area (Å²) in [5, 5.41) is 17.4. The lowest BCUT2D eigenvalue weighted by molar-refractivity contribution is 0.0688. The number of methoxy groups -OCH3 is 1. The normalized spacial score (nSPS) is 10.7. The average molecular weight is 283 g/mol. The van der Waals surface area contributed by atoms with Crippen molar-refractivity contribution >= 4 is 11.6 Å². The van der Waals surface area contributed by atoms with Gasteiger partial charge < -0.3 is 9.84 Å². The van der Waals surface area contributed by atoms with Crippen molar-refractivity contribution in [2.75, 3.05) is 7.11 Å². The van der Waals surface area contributed by atoms with E-state index in [2.05, 4.69) is 10.2 Å². The molecule has 3 aromatic rings. The summed E-state index contributed by atoms with van der Waals surface area (Å²) < 4.78 is 6.86. The molecule has 0 amide bonds. The van der Waals surface area contributed by atoms with Crippen LogP contribution in [0.1, 0.15) is 21.9 Å². The summed E-state index contributed by atoms with van der Waals surface area (Å²) in [5.41, 5.74) is 1.58. The molecular weight excluding hydrogens is 270 g/mol. The summed E-state index contributed by atoms with van der Waals surface area (Å²) in [4.78, 5) is 11.3. The number of ether oxygens (including phenoxy) is 1. The van der Waals surface area contributed by atoms with Gasteiger partial charge in [-0.2, -0.15) is 0 Å². The van der Waals surface area contributed by atoms with Crippen LogP contribution in [-0.4, -0.2) is 32.8 Å². The van der Waals surface area contributed by atoms with Gasteiger partial charge in [-0.05, 0) is 18.2 Å². The van der Waals surface area contributed by atoms with Gasteiger partial charge in [0, 0.05) is 12.0 Å². The molecule has 6 nitrogen and oxygen atoms in total. The number of fused-ring (bicyclic) bond motifs is 1. The highest BCUT2D eigenvalue weighted by atomic mass is 16.5. The highest BCUT2D eigenvalue weighted by Crippen LogP contribution is 2.21. The third-order valence-electron chi connectivity index (χ3n) is 3.26. The number of rotatable bonds is 4. The zero-order valence-corrected chi connectivity index (χ0v) is 11.4. The second kappa shape index (κ2) is 5.24. The van der Waals surface area contributed by atoms with Crippen molar-refractivity contribution < 1.29 is 14.6 Å². The van der Waals surface area contributed by atoms with Crippen LogP contribution in [0.4, 0.5) is 0 Å². The van der Waals surface area contributed by atoms with E-state index < -0.39 is 5.97 Å². The maximum absolute atomic E-state index is 11.3. The van der Waals surface area contributed by atoms with E-state index in [4.69, 9.17) is 4.74 Å². The second-order valence-electron chi connectivity index (χ2n) is 4.51. The minimum absolute atomic E-state index is 0.141. The molecule has 0 spiro atoms. The van der Waals surface area contributed by atoms with Gasteiger partial charge in [0.05, 0.1) is 7.11 Å². The monoisotopic (exact) mass is 283 g/mol. The van der Waals surface area contributed by atoms with Gasteiger partial charge in [-0.25, -0.2) is 4.79 Å². The van der Waals surface area contributed by atoms with Gasteiger partial charge >= 0.3 is 5.97 Å². The number of carboxylic acids is 1. The summed E-state index contributed by atoms with van der Waals surface area (Å²) in [6, 6.07) is 12.5. The first-order chi connectivity index (χ1) is 10.2. The molecule has 0 atom stereocenters. The van der Waals surface area contributed by atoms with Crippen LogP contribution in [-0.2, 0) is 6.42 Å². The number of pyridine rings is 1. The average Bonchev–Trinajstić information content (AvgIpc) is 2.91. The third kappa shape index (κ3) is 2.31. The Bertz CT molecular complexity index is 811. The number of para-hydroxylation sites is 1.